The lowest BCUT2D eigenvalue weighted by Crippen LogP contribution is -2.37. The average molecular weight is 271 g/mol. The first kappa shape index (κ1) is 13.7. The predicted octanol–water partition coefficient (Wildman–Crippen LogP) is 0.847. The molecule has 5 nitrogen and oxygen atoms in total. The number of carbonyl (C=O) groups is 1. The van der Waals surface area contributed by atoms with Crippen molar-refractivity contribution in [3.63, 3.8) is 0 Å². The number of aliphatic hydroxyl groups is 1. The van der Waals surface area contributed by atoms with Gasteiger partial charge in [-0.15, -0.1) is 0 Å². The van der Waals surface area contributed by atoms with Gasteiger partial charge in [-0.2, -0.15) is 0 Å². The van der Waals surface area contributed by atoms with Crippen molar-refractivity contribution in [2.24, 2.45) is 5.84 Å². The maximum atomic E-state index is 13.5. The van der Waals surface area contributed by atoms with E-state index >= 15 is 0 Å². The number of anilines is 1. The van der Waals surface area contributed by atoms with Crippen LogP contribution < -0.4 is 11.3 Å². The molecule has 0 saturated carbocycles. The number of hydrogen-bond donors (Lipinski definition) is 3. The van der Waals surface area contributed by atoms with Gasteiger partial charge >= 0.3 is 0 Å². The zero-order valence-corrected chi connectivity index (χ0v) is 10.2. The van der Waals surface area contributed by atoms with Gasteiger partial charge in [0.05, 0.1) is 12.6 Å². The van der Waals surface area contributed by atoms with Gasteiger partial charge in [0.2, 0.25) is 0 Å². The molecule has 1 heterocycles. The number of hydrazine groups is 1. The van der Waals surface area contributed by atoms with Gasteiger partial charge in [-0.25, -0.2) is 8.78 Å². The first-order valence-electron chi connectivity index (χ1n) is 5.96. The molecule has 0 bridgehead atoms. The van der Waals surface area contributed by atoms with Crippen LogP contribution in [0.5, 0.6) is 0 Å². The lowest BCUT2D eigenvalue weighted by atomic mass is 10.1. The Bertz CT molecular complexity index is 473. The summed E-state index contributed by atoms with van der Waals surface area (Å²) in [6.07, 6.45) is 1.46. The summed E-state index contributed by atoms with van der Waals surface area (Å²) in [6.45, 7) is 0.323. The summed E-state index contributed by atoms with van der Waals surface area (Å²) in [4.78, 5) is 13.6. The molecule has 0 spiro atoms. The number of nitrogens with one attached hydrogen (secondary N) is 1. The lowest BCUT2D eigenvalue weighted by Gasteiger charge is -2.23. The SMILES string of the molecule is NNc1c(F)cc(C(=O)N2CCCC2CO)cc1F. The van der Waals surface area contributed by atoms with Crippen molar-refractivity contribution in [2.75, 3.05) is 18.6 Å². The Balaban J connectivity index is 2.29. The van der Waals surface area contributed by atoms with Crippen LogP contribution in [-0.4, -0.2) is 35.1 Å². The molecular weight excluding hydrogens is 256 g/mol. The quantitative estimate of drug-likeness (QED) is 0.562. The third kappa shape index (κ3) is 2.52. The van der Waals surface area contributed by atoms with Gasteiger partial charge in [0.25, 0.3) is 5.91 Å². The van der Waals surface area contributed by atoms with E-state index in [-0.39, 0.29) is 18.2 Å². The van der Waals surface area contributed by atoms with Crippen LogP contribution in [0.3, 0.4) is 0 Å². The summed E-state index contributed by atoms with van der Waals surface area (Å²) in [7, 11) is 0. The second-order valence-electron chi connectivity index (χ2n) is 4.44. The van der Waals surface area contributed by atoms with Gasteiger partial charge in [-0.3, -0.25) is 10.6 Å². The standard InChI is InChI=1S/C12H15F2N3O2/c13-9-4-7(5-10(14)11(9)16-15)12(19)17-3-1-2-8(17)6-18/h4-5,8,16,18H,1-3,6,15H2. The Morgan fingerprint density at radius 1 is 1.47 bits per heavy atom. The van der Waals surface area contributed by atoms with E-state index in [0.29, 0.717) is 13.0 Å². The number of aliphatic hydroxyl groups excluding tert-OH is 1. The first-order valence-corrected chi connectivity index (χ1v) is 5.96. The van der Waals surface area contributed by atoms with Crippen LogP contribution in [0.15, 0.2) is 12.1 Å². The van der Waals surface area contributed by atoms with E-state index in [0.717, 1.165) is 18.6 Å². The number of halogens is 2. The molecule has 1 amide bonds. The fourth-order valence-corrected chi connectivity index (χ4v) is 2.29. The number of benzene rings is 1. The highest BCUT2D eigenvalue weighted by molar-refractivity contribution is 5.95. The topological polar surface area (TPSA) is 78.6 Å². The van der Waals surface area contributed by atoms with Crippen LogP contribution in [0.25, 0.3) is 0 Å². The molecule has 1 saturated heterocycles. The molecule has 1 atom stereocenters. The number of nitrogen functional groups attached to an aromatic ring is 1. The number of carbonyl (C=O) groups excluding carboxylic acids is 1. The number of nitrogens with zero attached hydrogens (tertiary/aromatic N) is 1. The highest BCUT2D eigenvalue weighted by Crippen LogP contribution is 2.24. The zero-order valence-electron chi connectivity index (χ0n) is 10.2. The molecule has 7 heteroatoms. The summed E-state index contributed by atoms with van der Waals surface area (Å²) in [6, 6.07) is 1.59. The van der Waals surface area contributed by atoms with Crippen molar-refractivity contribution >= 4 is 11.6 Å². The third-order valence-electron chi connectivity index (χ3n) is 3.28. The van der Waals surface area contributed by atoms with Gasteiger partial charge in [0.1, 0.15) is 5.69 Å². The molecule has 2 rings (SSSR count). The van der Waals surface area contributed by atoms with Crippen LogP contribution in [-0.2, 0) is 0 Å². The Labute approximate surface area is 109 Å². The molecule has 1 aromatic rings. The molecule has 104 valence electrons. The summed E-state index contributed by atoms with van der Waals surface area (Å²) in [5.74, 6) is 2.65. The van der Waals surface area contributed by atoms with E-state index in [1.165, 1.54) is 4.90 Å². The molecule has 1 aliphatic heterocycles. The average Bonchev–Trinajstić information content (AvgIpc) is 2.85. The number of rotatable bonds is 3. The number of hydrogen-bond acceptors (Lipinski definition) is 4. The van der Waals surface area contributed by atoms with Gasteiger partial charge in [0.15, 0.2) is 11.6 Å². The second-order valence-corrected chi connectivity index (χ2v) is 4.44. The highest BCUT2D eigenvalue weighted by atomic mass is 19.1. The van der Waals surface area contributed by atoms with Crippen LogP contribution in [0.4, 0.5) is 14.5 Å². The summed E-state index contributed by atoms with van der Waals surface area (Å²) in [5.41, 5.74) is 1.34. The molecule has 0 aliphatic carbocycles. The van der Waals surface area contributed by atoms with E-state index < -0.39 is 23.2 Å². The van der Waals surface area contributed by atoms with E-state index in [9.17, 15) is 13.6 Å². The van der Waals surface area contributed by atoms with Gasteiger partial charge in [-0.1, -0.05) is 0 Å². The normalized spacial score (nSPS) is 18.7. The van der Waals surface area contributed by atoms with Crippen molar-refractivity contribution in [2.45, 2.75) is 18.9 Å². The maximum Gasteiger partial charge on any atom is 0.254 e. The molecule has 0 aromatic heterocycles. The van der Waals surface area contributed by atoms with E-state index in [1.807, 2.05) is 5.43 Å². The largest absolute Gasteiger partial charge is 0.394 e. The summed E-state index contributed by atoms with van der Waals surface area (Å²) in [5, 5.41) is 9.16. The molecule has 1 unspecified atom stereocenters. The van der Waals surface area contributed by atoms with Crippen molar-refractivity contribution < 1.29 is 18.7 Å². The first-order chi connectivity index (χ1) is 9.08. The zero-order chi connectivity index (χ0) is 14.0. The molecule has 1 aromatic carbocycles. The van der Waals surface area contributed by atoms with Crippen LogP contribution in [0.2, 0.25) is 0 Å². The van der Waals surface area contributed by atoms with Crippen molar-refractivity contribution in [1.82, 2.24) is 4.90 Å². The Hall–Kier alpha value is -1.73. The molecule has 0 radical (unpaired) electrons. The van der Waals surface area contributed by atoms with Crippen molar-refractivity contribution in [1.29, 1.82) is 0 Å². The minimum atomic E-state index is -0.925. The Morgan fingerprint density at radius 2 is 2.11 bits per heavy atom. The smallest absolute Gasteiger partial charge is 0.254 e. The van der Waals surface area contributed by atoms with Crippen LogP contribution in [0.1, 0.15) is 23.2 Å². The molecule has 4 N–H and O–H groups in total. The predicted molar refractivity (Wildman–Crippen MR) is 65.3 cm³/mol. The van der Waals surface area contributed by atoms with E-state index in [4.69, 9.17) is 10.9 Å². The van der Waals surface area contributed by atoms with Crippen LogP contribution >= 0.6 is 0 Å². The second kappa shape index (κ2) is 5.50. The molecule has 1 fully saturated rings. The van der Waals surface area contributed by atoms with E-state index in [1.54, 1.807) is 0 Å². The summed E-state index contributed by atoms with van der Waals surface area (Å²) >= 11 is 0. The Kier molecular flexibility index (Phi) is 3.96. The molecule has 19 heavy (non-hydrogen) atoms. The molecular formula is C12H15F2N3O2. The fourth-order valence-electron chi connectivity index (χ4n) is 2.29. The lowest BCUT2D eigenvalue weighted by molar-refractivity contribution is 0.0676. The van der Waals surface area contributed by atoms with Gasteiger partial charge in [-0.05, 0) is 25.0 Å². The van der Waals surface area contributed by atoms with Crippen LogP contribution in [0, 0.1) is 11.6 Å². The minimum absolute atomic E-state index is 0.0886. The minimum Gasteiger partial charge on any atom is -0.394 e. The number of nitrogens with two attached hydrogens (primary N) is 1. The Morgan fingerprint density at radius 3 is 2.63 bits per heavy atom. The summed E-state index contributed by atoms with van der Waals surface area (Å²) < 4.78 is 27.1. The van der Waals surface area contributed by atoms with E-state index in [2.05, 4.69) is 0 Å². The monoisotopic (exact) mass is 271 g/mol. The van der Waals surface area contributed by atoms with Crippen molar-refractivity contribution in [3.8, 4) is 0 Å². The fraction of sp³-hybridized carbons (Fsp3) is 0.417. The van der Waals surface area contributed by atoms with Crippen molar-refractivity contribution in [3.05, 3.63) is 29.3 Å². The third-order valence-corrected chi connectivity index (χ3v) is 3.28. The maximum absolute atomic E-state index is 13.5. The number of likely N-dealkylation sites (tertiary alicyclic amines) is 1. The number of amides is 1. The molecule has 1 aliphatic rings. The highest BCUT2D eigenvalue weighted by Gasteiger charge is 2.29. The van der Waals surface area contributed by atoms with Gasteiger partial charge in [0, 0.05) is 12.1 Å². The van der Waals surface area contributed by atoms with Gasteiger partial charge < -0.3 is 15.4 Å².